The zero-order chi connectivity index (χ0) is 12.1. The number of nitrogens with one attached hydrogen (secondary N) is 1. The van der Waals surface area contributed by atoms with Crippen molar-refractivity contribution in [2.75, 3.05) is 6.26 Å². The summed E-state index contributed by atoms with van der Waals surface area (Å²) < 4.78 is 1.89. The van der Waals surface area contributed by atoms with Gasteiger partial charge in [-0.2, -0.15) is 5.26 Å². The average Bonchev–Trinajstić information content (AvgIpc) is 2.25. The maximum atomic E-state index is 8.54. The summed E-state index contributed by atoms with van der Waals surface area (Å²) in [6, 6.07) is 3.89. The number of aliphatic imine (C=N–C) groups is 1. The molecule has 0 amide bonds. The van der Waals surface area contributed by atoms with Gasteiger partial charge in [-0.1, -0.05) is 27.7 Å². The fourth-order valence-corrected chi connectivity index (χ4v) is 2.22. The molecule has 0 unspecified atom stereocenters. The lowest BCUT2D eigenvalue weighted by Gasteiger charge is -2.05. The Bertz CT molecular complexity index is 466. The lowest BCUT2D eigenvalue weighted by Crippen LogP contribution is -2.12. The molecule has 3 nitrogen and oxygen atoms in total. The minimum Gasteiger partial charge on any atom is -0.271 e. The molecule has 16 heavy (non-hydrogen) atoms. The molecule has 0 aromatic heterocycles. The van der Waals surface area contributed by atoms with Crippen molar-refractivity contribution >= 4 is 54.5 Å². The van der Waals surface area contributed by atoms with Gasteiger partial charge in [-0.15, -0.1) is 0 Å². The van der Waals surface area contributed by atoms with Crippen LogP contribution in [0.5, 0.6) is 0 Å². The van der Waals surface area contributed by atoms with Crippen molar-refractivity contribution in [1.29, 1.82) is 5.26 Å². The van der Waals surface area contributed by atoms with E-state index in [4.69, 9.17) is 5.26 Å². The number of hydrogen-bond donors (Lipinski definition) is 1. The molecule has 1 aromatic rings. The van der Waals surface area contributed by atoms with E-state index in [1.165, 1.54) is 11.8 Å². The van der Waals surface area contributed by atoms with Gasteiger partial charge in [-0.05, 0) is 46.8 Å². The third-order valence-corrected chi connectivity index (χ3v) is 3.88. The number of aryl methyl sites for hydroxylation is 1. The highest BCUT2D eigenvalue weighted by Gasteiger charge is 2.04. The van der Waals surface area contributed by atoms with Gasteiger partial charge in [0.05, 0.1) is 5.69 Å². The molecule has 0 spiro atoms. The molecule has 1 N–H and O–H groups in total. The highest BCUT2D eigenvalue weighted by atomic mass is 79.9. The average molecular weight is 363 g/mol. The van der Waals surface area contributed by atoms with Crippen LogP contribution in [0.3, 0.4) is 0 Å². The van der Waals surface area contributed by atoms with E-state index in [2.05, 4.69) is 42.2 Å². The Labute approximate surface area is 116 Å². The van der Waals surface area contributed by atoms with Crippen molar-refractivity contribution in [1.82, 2.24) is 5.32 Å². The van der Waals surface area contributed by atoms with Crippen LogP contribution in [0, 0.1) is 18.4 Å². The lowest BCUT2D eigenvalue weighted by atomic mass is 10.2. The highest BCUT2D eigenvalue weighted by molar-refractivity contribution is 9.11. The number of hydrogen-bond acceptors (Lipinski definition) is 3. The summed E-state index contributed by atoms with van der Waals surface area (Å²) in [7, 11) is 0. The molecule has 1 rings (SSSR count). The van der Waals surface area contributed by atoms with Crippen molar-refractivity contribution in [2.45, 2.75) is 6.92 Å². The molecule has 0 atom stereocenters. The van der Waals surface area contributed by atoms with E-state index in [1.54, 1.807) is 0 Å². The number of halogens is 2. The monoisotopic (exact) mass is 361 g/mol. The van der Waals surface area contributed by atoms with Gasteiger partial charge >= 0.3 is 0 Å². The van der Waals surface area contributed by atoms with Crippen LogP contribution in [0.25, 0.3) is 0 Å². The first-order valence-corrected chi connectivity index (χ1v) is 7.13. The molecule has 6 heteroatoms. The topological polar surface area (TPSA) is 48.2 Å². The molecule has 0 heterocycles. The quantitative estimate of drug-likeness (QED) is 0.356. The maximum Gasteiger partial charge on any atom is 0.183 e. The molecule has 1 aromatic carbocycles. The minimum atomic E-state index is 0.568. The van der Waals surface area contributed by atoms with Gasteiger partial charge in [-0.3, -0.25) is 5.32 Å². The summed E-state index contributed by atoms with van der Waals surface area (Å²) in [5.41, 5.74) is 1.91. The number of rotatable bonds is 1. The number of benzene rings is 1. The van der Waals surface area contributed by atoms with E-state index in [-0.39, 0.29) is 0 Å². The van der Waals surface area contributed by atoms with Crippen LogP contribution in [-0.2, 0) is 0 Å². The maximum absolute atomic E-state index is 8.54. The summed E-state index contributed by atoms with van der Waals surface area (Å²) in [5, 5.41) is 11.6. The van der Waals surface area contributed by atoms with E-state index in [1.807, 2.05) is 31.5 Å². The number of thioether (sulfide) groups is 1. The zero-order valence-corrected chi connectivity index (χ0v) is 12.7. The molecule has 0 fully saturated rings. The fraction of sp³-hybridized carbons (Fsp3) is 0.200. The van der Waals surface area contributed by atoms with Crippen molar-refractivity contribution in [3.05, 3.63) is 26.6 Å². The molecule has 84 valence electrons. The SMILES string of the molecule is CSC(=Nc1cc(Br)c(C)cc1Br)NC#N. The summed E-state index contributed by atoms with van der Waals surface area (Å²) in [6.45, 7) is 2.01. The first kappa shape index (κ1) is 13.6. The number of amidine groups is 1. The van der Waals surface area contributed by atoms with E-state index in [9.17, 15) is 0 Å². The van der Waals surface area contributed by atoms with Crippen molar-refractivity contribution in [2.24, 2.45) is 4.99 Å². The normalized spacial score (nSPS) is 11.1. The Morgan fingerprint density at radius 3 is 2.69 bits per heavy atom. The molecule has 0 aliphatic rings. The summed E-state index contributed by atoms with van der Waals surface area (Å²) in [5.74, 6) is 0. The molecule has 0 aliphatic carbocycles. The summed E-state index contributed by atoms with van der Waals surface area (Å²) in [6.07, 6.45) is 3.72. The highest BCUT2D eigenvalue weighted by Crippen LogP contribution is 2.32. The van der Waals surface area contributed by atoms with Crippen LogP contribution in [0.1, 0.15) is 5.56 Å². The fourth-order valence-electron chi connectivity index (χ4n) is 1.00. The van der Waals surface area contributed by atoms with Crippen LogP contribution >= 0.6 is 43.6 Å². The first-order valence-electron chi connectivity index (χ1n) is 4.32. The van der Waals surface area contributed by atoms with Gasteiger partial charge < -0.3 is 0 Å². The molecular weight excluding hydrogens is 354 g/mol. The molecule has 0 saturated carbocycles. The van der Waals surface area contributed by atoms with Crippen molar-refractivity contribution < 1.29 is 0 Å². The van der Waals surface area contributed by atoms with Gasteiger partial charge in [0.15, 0.2) is 11.4 Å². The van der Waals surface area contributed by atoms with Crippen LogP contribution in [0.15, 0.2) is 26.1 Å². The second-order valence-corrected chi connectivity index (χ2v) is 5.41. The van der Waals surface area contributed by atoms with Gasteiger partial charge in [0.2, 0.25) is 0 Å². The van der Waals surface area contributed by atoms with E-state index in [0.29, 0.717) is 5.17 Å². The molecule has 0 aliphatic heterocycles. The van der Waals surface area contributed by atoms with Crippen molar-refractivity contribution in [3.63, 3.8) is 0 Å². The summed E-state index contributed by atoms with van der Waals surface area (Å²) in [4.78, 5) is 4.34. The largest absolute Gasteiger partial charge is 0.271 e. The Morgan fingerprint density at radius 2 is 2.12 bits per heavy atom. The third kappa shape index (κ3) is 3.51. The Hall–Kier alpha value is -0.510. The second-order valence-electron chi connectivity index (χ2n) is 2.91. The predicted molar refractivity (Wildman–Crippen MR) is 75.9 cm³/mol. The van der Waals surface area contributed by atoms with E-state index < -0.39 is 0 Å². The van der Waals surface area contributed by atoms with Gasteiger partial charge in [-0.25, -0.2) is 4.99 Å². The van der Waals surface area contributed by atoms with Crippen LogP contribution in [-0.4, -0.2) is 11.4 Å². The number of nitriles is 1. The number of nitrogens with zero attached hydrogens (tertiary/aromatic N) is 2. The zero-order valence-electron chi connectivity index (χ0n) is 8.71. The van der Waals surface area contributed by atoms with Gasteiger partial charge in [0.1, 0.15) is 0 Å². The van der Waals surface area contributed by atoms with Crippen LogP contribution in [0.4, 0.5) is 5.69 Å². The standard InChI is InChI=1S/C10H9Br2N3S/c1-6-3-8(12)9(4-7(6)11)15-10(16-2)14-5-13/h3-4H,1-2H3,(H,14,15). The molecule has 0 radical (unpaired) electrons. The molecule has 0 saturated heterocycles. The second kappa shape index (κ2) is 6.28. The Balaban J connectivity index is 3.14. The Morgan fingerprint density at radius 1 is 1.44 bits per heavy atom. The van der Waals surface area contributed by atoms with Crippen molar-refractivity contribution in [3.8, 4) is 6.19 Å². The molecule has 0 bridgehead atoms. The predicted octanol–water partition coefficient (Wildman–Crippen LogP) is 3.94. The Kier molecular flexibility index (Phi) is 5.32. The van der Waals surface area contributed by atoms with Crippen LogP contribution < -0.4 is 5.32 Å². The van der Waals surface area contributed by atoms with E-state index >= 15 is 0 Å². The lowest BCUT2D eigenvalue weighted by molar-refractivity contribution is 1.27. The van der Waals surface area contributed by atoms with E-state index in [0.717, 1.165) is 20.2 Å². The summed E-state index contributed by atoms with van der Waals surface area (Å²) >= 11 is 8.28. The minimum absolute atomic E-state index is 0.568. The van der Waals surface area contributed by atoms with Gasteiger partial charge in [0.25, 0.3) is 0 Å². The smallest absolute Gasteiger partial charge is 0.183 e. The van der Waals surface area contributed by atoms with Gasteiger partial charge in [0, 0.05) is 8.95 Å². The van der Waals surface area contributed by atoms with Crippen LogP contribution in [0.2, 0.25) is 0 Å². The first-order chi connectivity index (χ1) is 7.58. The third-order valence-electron chi connectivity index (χ3n) is 1.81. The molecular formula is C10H9Br2N3S.